The third-order valence-corrected chi connectivity index (χ3v) is 3.56. The largest absolute Gasteiger partial charge is 0.469 e. The van der Waals surface area contributed by atoms with Crippen LogP contribution < -0.4 is 4.90 Å². The number of hydrogen-bond donors (Lipinski definition) is 0. The topological polar surface area (TPSA) is 51.1 Å². The molecule has 1 atom stereocenters. The van der Waals surface area contributed by atoms with Crippen molar-refractivity contribution < 1.29 is 14.3 Å². The van der Waals surface area contributed by atoms with Crippen molar-refractivity contribution in [3.05, 3.63) is 60.7 Å². The van der Waals surface area contributed by atoms with Crippen LogP contribution in [0.25, 0.3) is 0 Å². The summed E-state index contributed by atoms with van der Waals surface area (Å²) in [6.45, 7) is 0.560. The van der Waals surface area contributed by atoms with Crippen LogP contribution in [0.4, 0.5) is 11.4 Å². The molecule has 2 aromatic rings. The van der Waals surface area contributed by atoms with Crippen molar-refractivity contribution in [1.29, 1.82) is 0 Å². The number of benzene rings is 2. The van der Waals surface area contributed by atoms with Gasteiger partial charge in [-0.1, -0.05) is 36.4 Å². The quantitative estimate of drug-likeness (QED) is 0.814. The van der Waals surface area contributed by atoms with Gasteiger partial charge < -0.3 is 9.47 Å². The molecule has 0 spiro atoms. The maximum Gasteiger partial charge on any atom is 0.309 e. The van der Waals surface area contributed by atoms with Crippen LogP contribution in [-0.4, -0.2) is 31.7 Å². The number of methoxy groups -OCH3 is 1. The van der Waals surface area contributed by atoms with Crippen LogP contribution in [-0.2, 0) is 14.3 Å². The van der Waals surface area contributed by atoms with E-state index in [0.29, 0.717) is 12.6 Å². The monoisotopic (exact) mass is 310 g/mol. The molecule has 2 aromatic carbocycles. The summed E-state index contributed by atoms with van der Waals surface area (Å²) in [6, 6.07) is 20.0. The van der Waals surface area contributed by atoms with Crippen LogP contribution in [0.5, 0.6) is 0 Å². The van der Waals surface area contributed by atoms with E-state index in [1.165, 1.54) is 7.11 Å². The molecule has 1 aliphatic heterocycles. The Kier molecular flexibility index (Phi) is 4.57. The third kappa shape index (κ3) is 3.69. The van der Waals surface area contributed by atoms with E-state index in [9.17, 15) is 4.79 Å². The number of esters is 1. The average molecular weight is 310 g/mol. The number of para-hydroxylation sites is 2. The molecule has 3 rings (SSSR count). The molecular formula is C18H18N2O3. The third-order valence-electron chi connectivity index (χ3n) is 3.56. The van der Waals surface area contributed by atoms with Gasteiger partial charge in [0.1, 0.15) is 6.10 Å². The average Bonchev–Trinajstić information content (AvgIpc) is 2.98. The lowest BCUT2D eigenvalue weighted by molar-refractivity contribution is -0.142. The molecule has 0 amide bonds. The second kappa shape index (κ2) is 6.96. The predicted molar refractivity (Wildman–Crippen MR) is 88.8 cm³/mol. The van der Waals surface area contributed by atoms with Crippen molar-refractivity contribution in [2.45, 2.75) is 12.5 Å². The van der Waals surface area contributed by atoms with Crippen LogP contribution in [0.15, 0.2) is 65.7 Å². The molecule has 0 bridgehead atoms. The zero-order chi connectivity index (χ0) is 16.1. The summed E-state index contributed by atoms with van der Waals surface area (Å²) in [7, 11) is 1.38. The van der Waals surface area contributed by atoms with Crippen LogP contribution in [0.2, 0.25) is 0 Å². The maximum absolute atomic E-state index is 11.5. The van der Waals surface area contributed by atoms with E-state index in [4.69, 9.17) is 9.47 Å². The van der Waals surface area contributed by atoms with Gasteiger partial charge in [-0.05, 0) is 24.3 Å². The number of amidine groups is 1. The van der Waals surface area contributed by atoms with Gasteiger partial charge in [-0.3, -0.25) is 9.69 Å². The molecule has 5 heteroatoms. The lowest BCUT2D eigenvalue weighted by Gasteiger charge is -2.15. The number of nitrogens with zero attached hydrogens (tertiary/aromatic N) is 2. The molecular weight excluding hydrogens is 292 g/mol. The first-order valence-electron chi connectivity index (χ1n) is 7.46. The van der Waals surface area contributed by atoms with E-state index in [2.05, 4.69) is 4.99 Å². The highest BCUT2D eigenvalue weighted by Gasteiger charge is 2.32. The number of carbonyl (C=O) groups excluding carboxylic acids is 1. The molecule has 5 nitrogen and oxygen atoms in total. The number of carbonyl (C=O) groups is 1. The van der Waals surface area contributed by atoms with Gasteiger partial charge >= 0.3 is 5.97 Å². The summed E-state index contributed by atoms with van der Waals surface area (Å²) in [5.41, 5.74) is 1.79. The van der Waals surface area contributed by atoms with Crippen molar-refractivity contribution in [2.24, 2.45) is 4.99 Å². The van der Waals surface area contributed by atoms with Crippen molar-refractivity contribution in [1.82, 2.24) is 0 Å². The Bertz CT molecular complexity index is 686. The van der Waals surface area contributed by atoms with Crippen LogP contribution in [0, 0.1) is 0 Å². The SMILES string of the molecule is COC(=O)CC1CN(c2ccccc2)C(=Nc2ccccc2)O1. The number of rotatable bonds is 4. The highest BCUT2D eigenvalue weighted by molar-refractivity contribution is 5.95. The van der Waals surface area contributed by atoms with Gasteiger partial charge in [-0.2, -0.15) is 4.99 Å². The molecule has 0 radical (unpaired) electrons. The van der Waals surface area contributed by atoms with Gasteiger partial charge in [0.2, 0.25) is 0 Å². The fraction of sp³-hybridized carbons (Fsp3) is 0.222. The summed E-state index contributed by atoms with van der Waals surface area (Å²) < 4.78 is 10.6. The fourth-order valence-corrected chi connectivity index (χ4v) is 2.43. The van der Waals surface area contributed by atoms with Gasteiger partial charge in [0, 0.05) is 5.69 Å². The molecule has 1 heterocycles. The second-order valence-electron chi connectivity index (χ2n) is 5.20. The zero-order valence-electron chi connectivity index (χ0n) is 12.9. The number of ether oxygens (including phenoxy) is 2. The number of anilines is 1. The van der Waals surface area contributed by atoms with E-state index in [-0.39, 0.29) is 18.5 Å². The molecule has 0 aliphatic carbocycles. The Morgan fingerprint density at radius 2 is 1.83 bits per heavy atom. The van der Waals surface area contributed by atoms with Crippen molar-refractivity contribution in [3.8, 4) is 0 Å². The number of hydrogen-bond acceptors (Lipinski definition) is 4. The standard InChI is InChI=1S/C18H18N2O3/c1-22-17(21)12-16-13-20(15-10-6-3-7-11-15)18(23-16)19-14-8-4-2-5-9-14/h2-11,16H,12-13H2,1H3. The zero-order valence-corrected chi connectivity index (χ0v) is 12.9. The molecule has 0 saturated carbocycles. The van der Waals surface area contributed by atoms with Crippen molar-refractivity contribution in [2.75, 3.05) is 18.6 Å². The Hall–Kier alpha value is -2.82. The highest BCUT2D eigenvalue weighted by Crippen LogP contribution is 2.25. The number of aliphatic imine (C=N–C) groups is 1. The molecule has 1 saturated heterocycles. The first-order chi connectivity index (χ1) is 11.3. The Morgan fingerprint density at radius 1 is 1.17 bits per heavy atom. The maximum atomic E-state index is 11.5. The van der Waals surface area contributed by atoms with Crippen LogP contribution in [0.1, 0.15) is 6.42 Å². The minimum absolute atomic E-state index is 0.202. The van der Waals surface area contributed by atoms with Crippen LogP contribution in [0.3, 0.4) is 0 Å². The molecule has 118 valence electrons. The Balaban J connectivity index is 1.87. The fourth-order valence-electron chi connectivity index (χ4n) is 2.43. The molecule has 0 N–H and O–H groups in total. The van der Waals surface area contributed by atoms with Gasteiger partial charge in [0.15, 0.2) is 0 Å². The van der Waals surface area contributed by atoms with E-state index in [1.54, 1.807) is 0 Å². The van der Waals surface area contributed by atoms with Gasteiger partial charge in [-0.15, -0.1) is 0 Å². The van der Waals surface area contributed by atoms with E-state index >= 15 is 0 Å². The molecule has 1 aliphatic rings. The molecule has 0 aromatic heterocycles. The van der Waals surface area contributed by atoms with Crippen molar-refractivity contribution >= 4 is 23.4 Å². The smallest absolute Gasteiger partial charge is 0.309 e. The first-order valence-corrected chi connectivity index (χ1v) is 7.46. The van der Waals surface area contributed by atoms with Crippen LogP contribution >= 0.6 is 0 Å². The summed E-state index contributed by atoms with van der Waals surface area (Å²) in [5, 5.41) is 0. The minimum Gasteiger partial charge on any atom is -0.469 e. The van der Waals surface area contributed by atoms with E-state index in [0.717, 1.165) is 11.4 Å². The molecule has 23 heavy (non-hydrogen) atoms. The Labute approximate surface area is 135 Å². The van der Waals surface area contributed by atoms with Gasteiger partial charge in [0.25, 0.3) is 6.02 Å². The summed E-state index contributed by atoms with van der Waals surface area (Å²) in [4.78, 5) is 18.1. The molecule has 1 fully saturated rings. The van der Waals surface area contributed by atoms with E-state index < -0.39 is 0 Å². The predicted octanol–water partition coefficient (Wildman–Crippen LogP) is 3.14. The van der Waals surface area contributed by atoms with Gasteiger partial charge in [-0.25, -0.2) is 0 Å². The Morgan fingerprint density at radius 3 is 2.48 bits per heavy atom. The summed E-state index contributed by atoms with van der Waals surface area (Å²) in [6.07, 6.45) is -0.0710. The summed E-state index contributed by atoms with van der Waals surface area (Å²) in [5.74, 6) is -0.288. The minimum atomic E-state index is -0.288. The lowest BCUT2D eigenvalue weighted by Crippen LogP contribution is -2.26. The van der Waals surface area contributed by atoms with Gasteiger partial charge in [0.05, 0.1) is 25.8 Å². The highest BCUT2D eigenvalue weighted by atomic mass is 16.5. The van der Waals surface area contributed by atoms with Crippen molar-refractivity contribution in [3.63, 3.8) is 0 Å². The lowest BCUT2D eigenvalue weighted by atomic mass is 10.2. The molecule has 1 unspecified atom stereocenters. The summed E-state index contributed by atoms with van der Waals surface area (Å²) >= 11 is 0. The second-order valence-corrected chi connectivity index (χ2v) is 5.20. The van der Waals surface area contributed by atoms with E-state index in [1.807, 2.05) is 65.6 Å². The first kappa shape index (κ1) is 15.1. The normalized spacial score (nSPS) is 18.7.